The monoisotopic (exact) mass is 528 g/mol. The van der Waals surface area contributed by atoms with E-state index in [-0.39, 0.29) is 51.8 Å². The van der Waals surface area contributed by atoms with E-state index in [1.165, 1.54) is 93.9 Å². The molecule has 0 aliphatic carbocycles. The van der Waals surface area contributed by atoms with Gasteiger partial charge >= 0.3 is 0 Å². The summed E-state index contributed by atoms with van der Waals surface area (Å²) in [5, 5.41) is 28.7. The van der Waals surface area contributed by atoms with Crippen LogP contribution in [0.2, 0.25) is 0 Å². The van der Waals surface area contributed by atoms with Crippen molar-refractivity contribution in [3.05, 3.63) is 89.5 Å². The Morgan fingerprint density at radius 1 is 0.462 bits per heavy atom. The predicted molar refractivity (Wildman–Crippen MR) is 142 cm³/mol. The van der Waals surface area contributed by atoms with Crippen LogP contribution < -0.4 is 14.7 Å². The average molecular weight is 529 g/mol. The number of benzene rings is 3. The molecule has 1 aromatic heterocycles. The minimum atomic E-state index is -0.516. The molecule has 0 bridgehead atoms. The van der Waals surface area contributed by atoms with E-state index >= 15 is 0 Å². The molecule has 0 spiro atoms. The van der Waals surface area contributed by atoms with E-state index in [9.17, 15) is 29.7 Å². The maximum Gasteiger partial charge on any atom is 0.260 e. The van der Waals surface area contributed by atoms with Crippen LogP contribution in [0.5, 0.6) is 17.2 Å². The standard InChI is InChI=1S/C27H24N6O6/c1-31(22(37)16-4-10-19(34)11-5-16)25-28-26(32(2)23(38)17-6-12-20(35)13-7-17)30-27(29-25)33(3)24(39)18-8-14-21(36)15-9-18/h4-15,34-36H,1-3H3. The summed E-state index contributed by atoms with van der Waals surface area (Å²) in [6, 6.07) is 16.7. The molecule has 12 nitrogen and oxygen atoms in total. The molecule has 12 heteroatoms. The van der Waals surface area contributed by atoms with Crippen molar-refractivity contribution in [2.75, 3.05) is 35.8 Å². The number of carbonyl (C=O) groups is 3. The second kappa shape index (κ2) is 10.8. The van der Waals surface area contributed by atoms with Crippen molar-refractivity contribution >= 4 is 35.6 Å². The smallest absolute Gasteiger partial charge is 0.260 e. The van der Waals surface area contributed by atoms with Gasteiger partial charge in [-0.2, -0.15) is 15.0 Å². The van der Waals surface area contributed by atoms with Crippen LogP contribution >= 0.6 is 0 Å². The molecular weight excluding hydrogens is 504 g/mol. The van der Waals surface area contributed by atoms with Crippen LogP contribution in [-0.2, 0) is 0 Å². The van der Waals surface area contributed by atoms with Crippen molar-refractivity contribution in [1.29, 1.82) is 0 Å². The number of nitrogens with zero attached hydrogens (tertiary/aromatic N) is 6. The van der Waals surface area contributed by atoms with Crippen molar-refractivity contribution in [3.63, 3.8) is 0 Å². The lowest BCUT2D eigenvalue weighted by molar-refractivity contribution is 0.0986. The maximum absolute atomic E-state index is 13.1. The van der Waals surface area contributed by atoms with Crippen LogP contribution in [0.25, 0.3) is 0 Å². The Hall–Kier alpha value is -5.52. The molecule has 39 heavy (non-hydrogen) atoms. The third-order valence-corrected chi connectivity index (χ3v) is 5.76. The van der Waals surface area contributed by atoms with Crippen LogP contribution in [0.3, 0.4) is 0 Å². The second-order valence-corrected chi connectivity index (χ2v) is 8.47. The molecule has 4 rings (SSSR count). The third-order valence-electron chi connectivity index (χ3n) is 5.76. The molecule has 0 unspecified atom stereocenters. The number of anilines is 3. The first kappa shape index (κ1) is 26.5. The van der Waals surface area contributed by atoms with E-state index in [1.807, 2.05) is 0 Å². The van der Waals surface area contributed by atoms with E-state index in [1.54, 1.807) is 0 Å². The number of hydrogen-bond donors (Lipinski definition) is 3. The number of carbonyl (C=O) groups excluding carboxylic acids is 3. The zero-order valence-corrected chi connectivity index (χ0v) is 21.2. The number of aromatic hydroxyl groups is 3. The van der Waals surface area contributed by atoms with Gasteiger partial charge in [0.1, 0.15) is 17.2 Å². The highest BCUT2D eigenvalue weighted by Crippen LogP contribution is 2.23. The number of rotatable bonds is 6. The first-order chi connectivity index (χ1) is 18.5. The Balaban J connectivity index is 1.75. The Bertz CT molecular complexity index is 1330. The zero-order chi connectivity index (χ0) is 28.3. The van der Waals surface area contributed by atoms with E-state index in [0.29, 0.717) is 0 Å². The molecule has 0 aliphatic rings. The Morgan fingerprint density at radius 3 is 0.872 bits per heavy atom. The normalized spacial score (nSPS) is 10.5. The molecule has 3 amide bonds. The largest absolute Gasteiger partial charge is 0.508 e. The minimum absolute atomic E-state index is 0.0114. The van der Waals surface area contributed by atoms with Gasteiger partial charge in [0, 0.05) is 37.8 Å². The molecule has 0 saturated carbocycles. The highest BCUT2D eigenvalue weighted by atomic mass is 16.3. The minimum Gasteiger partial charge on any atom is -0.508 e. The molecule has 3 aromatic carbocycles. The molecule has 198 valence electrons. The van der Waals surface area contributed by atoms with Crippen LogP contribution in [0.1, 0.15) is 31.1 Å². The van der Waals surface area contributed by atoms with Crippen molar-refractivity contribution in [2.45, 2.75) is 0 Å². The van der Waals surface area contributed by atoms with Gasteiger partial charge in [-0.3, -0.25) is 29.1 Å². The van der Waals surface area contributed by atoms with Crippen molar-refractivity contribution in [1.82, 2.24) is 15.0 Å². The van der Waals surface area contributed by atoms with Crippen LogP contribution in [0.15, 0.2) is 72.8 Å². The predicted octanol–water partition coefficient (Wildman–Crippen LogP) is 2.82. The van der Waals surface area contributed by atoms with Gasteiger partial charge in [0.05, 0.1) is 0 Å². The van der Waals surface area contributed by atoms with Crippen LogP contribution in [0, 0.1) is 0 Å². The van der Waals surface area contributed by atoms with E-state index in [4.69, 9.17) is 0 Å². The molecule has 0 aliphatic heterocycles. The molecule has 0 fully saturated rings. The van der Waals surface area contributed by atoms with E-state index in [0.717, 1.165) is 14.7 Å². The molecule has 0 saturated heterocycles. The van der Waals surface area contributed by atoms with Gasteiger partial charge in [0.2, 0.25) is 17.8 Å². The van der Waals surface area contributed by atoms with Gasteiger partial charge in [-0.05, 0) is 72.8 Å². The fourth-order valence-electron chi connectivity index (χ4n) is 3.46. The first-order valence-electron chi connectivity index (χ1n) is 11.5. The Morgan fingerprint density at radius 2 is 0.667 bits per heavy atom. The summed E-state index contributed by atoms with van der Waals surface area (Å²) >= 11 is 0. The van der Waals surface area contributed by atoms with Crippen LogP contribution in [0.4, 0.5) is 17.8 Å². The third kappa shape index (κ3) is 5.74. The van der Waals surface area contributed by atoms with Crippen molar-refractivity contribution < 1.29 is 29.7 Å². The molecule has 0 radical (unpaired) electrons. The van der Waals surface area contributed by atoms with Gasteiger partial charge in [-0.25, -0.2) is 0 Å². The quantitative estimate of drug-likeness (QED) is 0.342. The SMILES string of the molecule is CN(C(=O)c1ccc(O)cc1)c1nc(N(C)C(=O)c2ccc(O)cc2)nc(N(C)C(=O)c2ccc(O)cc2)n1. The summed E-state index contributed by atoms with van der Waals surface area (Å²) in [7, 11) is 4.25. The van der Waals surface area contributed by atoms with Gasteiger partial charge in [0.25, 0.3) is 17.7 Å². The topological polar surface area (TPSA) is 160 Å². The van der Waals surface area contributed by atoms with E-state index in [2.05, 4.69) is 15.0 Å². The highest BCUT2D eigenvalue weighted by Gasteiger charge is 2.25. The van der Waals surface area contributed by atoms with Crippen LogP contribution in [-0.4, -0.2) is 69.1 Å². The first-order valence-corrected chi connectivity index (χ1v) is 11.5. The second-order valence-electron chi connectivity index (χ2n) is 8.47. The number of amides is 3. The fraction of sp³-hybridized carbons (Fsp3) is 0.111. The van der Waals surface area contributed by atoms with Crippen molar-refractivity contribution in [2.24, 2.45) is 0 Å². The molecule has 1 heterocycles. The lowest BCUT2D eigenvalue weighted by Gasteiger charge is -2.22. The number of phenols is 3. The van der Waals surface area contributed by atoms with Gasteiger partial charge in [-0.15, -0.1) is 0 Å². The lowest BCUT2D eigenvalue weighted by Crippen LogP contribution is -2.34. The van der Waals surface area contributed by atoms with Crippen molar-refractivity contribution in [3.8, 4) is 17.2 Å². The zero-order valence-electron chi connectivity index (χ0n) is 21.2. The Labute approximate surface area is 223 Å². The number of hydrogen-bond acceptors (Lipinski definition) is 9. The lowest BCUT2D eigenvalue weighted by atomic mass is 10.2. The van der Waals surface area contributed by atoms with Gasteiger partial charge in [-0.1, -0.05) is 0 Å². The summed E-state index contributed by atoms with van der Waals surface area (Å²) in [4.78, 5) is 55.7. The van der Waals surface area contributed by atoms with E-state index < -0.39 is 17.7 Å². The number of aromatic nitrogens is 3. The maximum atomic E-state index is 13.1. The number of phenolic OH excluding ortho intramolecular Hbond substituents is 3. The summed E-state index contributed by atoms with van der Waals surface area (Å²) in [6.45, 7) is 0. The average Bonchev–Trinajstić information content (AvgIpc) is 2.95. The summed E-state index contributed by atoms with van der Waals surface area (Å²) in [5.74, 6) is -2.03. The molecule has 3 N–H and O–H groups in total. The molecule has 4 aromatic rings. The van der Waals surface area contributed by atoms with Gasteiger partial charge in [0.15, 0.2) is 0 Å². The Kier molecular flexibility index (Phi) is 7.38. The fourth-order valence-corrected chi connectivity index (χ4v) is 3.46. The molecular formula is C27H24N6O6. The summed E-state index contributed by atoms with van der Waals surface area (Å²) < 4.78 is 0. The molecule has 0 atom stereocenters. The van der Waals surface area contributed by atoms with Gasteiger partial charge < -0.3 is 15.3 Å². The highest BCUT2D eigenvalue weighted by molar-refractivity contribution is 6.07. The summed E-state index contributed by atoms with van der Waals surface area (Å²) in [5.41, 5.74) is 0.711. The summed E-state index contributed by atoms with van der Waals surface area (Å²) in [6.07, 6.45) is 0.